The maximum Gasteiger partial charge on any atom is 0.164 e. The van der Waals surface area contributed by atoms with Gasteiger partial charge >= 0.3 is 0 Å². The Labute approximate surface area is 325 Å². The molecule has 0 atom stereocenters. The molecule has 0 aliphatic carbocycles. The molecule has 0 bridgehead atoms. The summed E-state index contributed by atoms with van der Waals surface area (Å²) < 4.78 is 15.5. The van der Waals surface area contributed by atoms with Crippen molar-refractivity contribution < 1.29 is 8.83 Å². The van der Waals surface area contributed by atoms with E-state index in [2.05, 4.69) is 126 Å². The number of hydrogen-bond donors (Lipinski definition) is 0. The SMILES string of the molecule is c1ccc(-c2nc(-c3ccc4c(c3)oc3c(-c5cccc6c7ccccc7n(-c7ccccc7)c56)cccc34)nc(-c3cccc4oc5ccccc5c34)n2)cc1. The number of benzene rings is 8. The van der Waals surface area contributed by atoms with Crippen LogP contribution in [0.1, 0.15) is 0 Å². The summed E-state index contributed by atoms with van der Waals surface area (Å²) in [7, 11) is 0. The second-order valence-electron chi connectivity index (χ2n) is 14.3. The van der Waals surface area contributed by atoms with Gasteiger partial charge in [-0.15, -0.1) is 0 Å². The smallest absolute Gasteiger partial charge is 0.164 e. The largest absolute Gasteiger partial charge is 0.456 e. The summed E-state index contributed by atoms with van der Waals surface area (Å²) in [5.41, 5.74) is 11.4. The van der Waals surface area contributed by atoms with E-state index in [1.54, 1.807) is 0 Å². The van der Waals surface area contributed by atoms with Crippen LogP contribution in [0.5, 0.6) is 0 Å². The third-order valence-corrected chi connectivity index (χ3v) is 11.1. The Morgan fingerprint density at radius 3 is 1.86 bits per heavy atom. The van der Waals surface area contributed by atoms with Crippen molar-refractivity contribution in [3.8, 4) is 51.0 Å². The monoisotopic (exact) mass is 730 g/mol. The van der Waals surface area contributed by atoms with E-state index >= 15 is 0 Å². The fourth-order valence-corrected chi connectivity index (χ4v) is 8.53. The van der Waals surface area contributed by atoms with E-state index in [0.29, 0.717) is 17.5 Å². The third kappa shape index (κ3) is 4.87. The van der Waals surface area contributed by atoms with Crippen LogP contribution in [0.2, 0.25) is 0 Å². The lowest BCUT2D eigenvalue weighted by atomic mass is 9.99. The van der Waals surface area contributed by atoms with Gasteiger partial charge in [-0.05, 0) is 42.5 Å². The normalized spacial score (nSPS) is 11.9. The molecule has 266 valence electrons. The molecular weight excluding hydrogens is 701 g/mol. The van der Waals surface area contributed by atoms with Crippen molar-refractivity contribution in [2.75, 3.05) is 0 Å². The fourth-order valence-electron chi connectivity index (χ4n) is 8.53. The van der Waals surface area contributed by atoms with Gasteiger partial charge in [-0.25, -0.2) is 15.0 Å². The van der Waals surface area contributed by atoms with Crippen LogP contribution in [-0.4, -0.2) is 19.5 Å². The van der Waals surface area contributed by atoms with Gasteiger partial charge < -0.3 is 13.4 Å². The second-order valence-corrected chi connectivity index (χ2v) is 14.3. The average Bonchev–Trinajstić information content (AvgIpc) is 3.96. The van der Waals surface area contributed by atoms with Crippen molar-refractivity contribution in [2.24, 2.45) is 0 Å². The van der Waals surface area contributed by atoms with Crippen LogP contribution in [0.15, 0.2) is 191 Å². The summed E-state index contributed by atoms with van der Waals surface area (Å²) in [4.78, 5) is 15.3. The van der Waals surface area contributed by atoms with E-state index in [9.17, 15) is 0 Å². The molecule has 4 aromatic heterocycles. The molecule has 0 aliphatic heterocycles. The van der Waals surface area contributed by atoms with Crippen molar-refractivity contribution in [1.29, 1.82) is 0 Å². The number of nitrogens with zero attached hydrogens (tertiary/aromatic N) is 4. The van der Waals surface area contributed by atoms with Gasteiger partial charge in [0, 0.05) is 65.8 Å². The van der Waals surface area contributed by atoms with Gasteiger partial charge in [0.15, 0.2) is 17.5 Å². The van der Waals surface area contributed by atoms with Crippen LogP contribution in [0, 0.1) is 0 Å². The third-order valence-electron chi connectivity index (χ3n) is 11.1. The minimum atomic E-state index is 0.559. The molecule has 0 radical (unpaired) electrons. The molecule has 0 saturated heterocycles. The average molecular weight is 731 g/mol. The fraction of sp³-hybridized carbons (Fsp3) is 0. The maximum atomic E-state index is 6.90. The van der Waals surface area contributed by atoms with Gasteiger partial charge in [0.05, 0.1) is 11.0 Å². The standard InChI is InChI=1S/C51H30N4O2/c1-3-14-31(15-4-1)49-52-50(54-51(53-49)41-24-13-27-44-46(41)40-19-8-10-26-43(40)56-44)32-28-29-35-38-22-12-23-39(48(38)57-45(35)30-32)37-21-11-20-36-34-18-7-9-25-42(34)55(47(36)37)33-16-5-2-6-17-33/h1-30H. The first-order valence-corrected chi connectivity index (χ1v) is 19.0. The van der Waals surface area contributed by atoms with Crippen LogP contribution < -0.4 is 0 Å². The second kappa shape index (κ2) is 12.3. The number of rotatable bonds is 5. The van der Waals surface area contributed by atoms with Crippen molar-refractivity contribution >= 4 is 65.7 Å². The van der Waals surface area contributed by atoms with Gasteiger partial charge in [-0.3, -0.25) is 0 Å². The van der Waals surface area contributed by atoms with E-state index in [1.807, 2.05) is 60.7 Å². The summed E-state index contributed by atoms with van der Waals surface area (Å²) in [6, 6.07) is 62.6. The molecule has 12 rings (SSSR count). The minimum Gasteiger partial charge on any atom is -0.456 e. The number of aromatic nitrogens is 4. The molecule has 0 unspecified atom stereocenters. The molecule has 6 heteroatoms. The topological polar surface area (TPSA) is 69.9 Å². The molecule has 12 aromatic rings. The highest BCUT2D eigenvalue weighted by molar-refractivity contribution is 6.17. The van der Waals surface area contributed by atoms with E-state index in [-0.39, 0.29) is 0 Å². The zero-order valence-corrected chi connectivity index (χ0v) is 30.4. The summed E-state index contributed by atoms with van der Waals surface area (Å²) >= 11 is 0. The quantitative estimate of drug-likeness (QED) is 0.176. The molecule has 0 fully saturated rings. The lowest BCUT2D eigenvalue weighted by Crippen LogP contribution is -2.00. The molecule has 8 aromatic carbocycles. The Bertz CT molecular complexity index is 3530. The maximum absolute atomic E-state index is 6.90. The van der Waals surface area contributed by atoms with Gasteiger partial charge in [0.2, 0.25) is 0 Å². The summed E-state index contributed by atoms with van der Waals surface area (Å²) in [6.07, 6.45) is 0. The van der Waals surface area contributed by atoms with Crippen LogP contribution >= 0.6 is 0 Å². The first-order valence-electron chi connectivity index (χ1n) is 19.0. The van der Waals surface area contributed by atoms with Crippen LogP contribution in [0.3, 0.4) is 0 Å². The first kappa shape index (κ1) is 31.5. The molecular formula is C51H30N4O2. The number of fused-ring (bicyclic) bond motifs is 9. The Morgan fingerprint density at radius 2 is 1.00 bits per heavy atom. The summed E-state index contributed by atoms with van der Waals surface area (Å²) in [6.45, 7) is 0. The van der Waals surface area contributed by atoms with E-state index in [1.165, 1.54) is 10.8 Å². The Kier molecular flexibility index (Phi) is 6.83. The van der Waals surface area contributed by atoms with Gasteiger partial charge in [-0.1, -0.05) is 140 Å². The van der Waals surface area contributed by atoms with Crippen molar-refractivity contribution in [2.45, 2.75) is 0 Å². The molecule has 0 amide bonds. The lowest BCUT2D eigenvalue weighted by molar-refractivity contribution is 0.669. The van der Waals surface area contributed by atoms with Crippen molar-refractivity contribution in [3.63, 3.8) is 0 Å². The number of hydrogen-bond acceptors (Lipinski definition) is 5. The Balaban J connectivity index is 1.06. The molecule has 0 N–H and O–H groups in total. The summed E-state index contributed by atoms with van der Waals surface area (Å²) in [5.74, 6) is 1.72. The highest BCUT2D eigenvalue weighted by Crippen LogP contribution is 2.43. The predicted octanol–water partition coefficient (Wildman–Crippen LogP) is 13.4. The lowest BCUT2D eigenvalue weighted by Gasteiger charge is -2.12. The number of para-hydroxylation sites is 5. The molecule has 0 aliphatic rings. The molecule has 4 heterocycles. The highest BCUT2D eigenvalue weighted by Gasteiger charge is 2.21. The van der Waals surface area contributed by atoms with E-state index in [4.69, 9.17) is 23.8 Å². The molecule has 0 spiro atoms. The Morgan fingerprint density at radius 1 is 0.368 bits per heavy atom. The van der Waals surface area contributed by atoms with Crippen LogP contribution in [0.4, 0.5) is 0 Å². The number of furan rings is 2. The van der Waals surface area contributed by atoms with Gasteiger partial charge in [0.1, 0.15) is 22.3 Å². The zero-order valence-electron chi connectivity index (χ0n) is 30.4. The van der Waals surface area contributed by atoms with Gasteiger partial charge in [0.25, 0.3) is 0 Å². The molecule has 57 heavy (non-hydrogen) atoms. The first-order chi connectivity index (χ1) is 28.3. The predicted molar refractivity (Wildman–Crippen MR) is 230 cm³/mol. The van der Waals surface area contributed by atoms with E-state index in [0.717, 1.165) is 88.4 Å². The van der Waals surface area contributed by atoms with E-state index < -0.39 is 0 Å². The van der Waals surface area contributed by atoms with Gasteiger partial charge in [-0.2, -0.15) is 0 Å². The zero-order chi connectivity index (χ0) is 37.5. The minimum absolute atomic E-state index is 0.559. The molecule has 6 nitrogen and oxygen atoms in total. The van der Waals surface area contributed by atoms with Crippen molar-refractivity contribution in [1.82, 2.24) is 19.5 Å². The van der Waals surface area contributed by atoms with Crippen molar-refractivity contribution in [3.05, 3.63) is 182 Å². The van der Waals surface area contributed by atoms with Crippen LogP contribution in [0.25, 0.3) is 117 Å². The Hall–Kier alpha value is -7.83. The molecule has 0 saturated carbocycles. The van der Waals surface area contributed by atoms with Crippen LogP contribution in [-0.2, 0) is 0 Å². The summed E-state index contributed by atoms with van der Waals surface area (Å²) in [5, 5.41) is 6.48. The highest BCUT2D eigenvalue weighted by atomic mass is 16.3.